The molecule has 0 aliphatic rings. The van der Waals surface area contributed by atoms with Gasteiger partial charge >= 0.3 is 12.1 Å². The van der Waals surface area contributed by atoms with Crippen LogP contribution < -0.4 is 0 Å². The van der Waals surface area contributed by atoms with Gasteiger partial charge in [0, 0.05) is 25.2 Å². The molecule has 0 aromatic carbocycles. The molecule has 160 valence electrons. The van der Waals surface area contributed by atoms with Crippen molar-refractivity contribution in [2.24, 2.45) is 5.41 Å². The van der Waals surface area contributed by atoms with Gasteiger partial charge in [-0.15, -0.1) is 0 Å². The van der Waals surface area contributed by atoms with E-state index in [1.165, 1.54) is 6.92 Å². The van der Waals surface area contributed by atoms with E-state index in [0.717, 1.165) is 12.3 Å². The van der Waals surface area contributed by atoms with Crippen molar-refractivity contribution < 1.29 is 38.4 Å². The largest absolute Gasteiger partial charge is 0.508 e. The Balaban J connectivity index is 3.97. The predicted molar refractivity (Wildman–Crippen MR) is 102 cm³/mol. The standard InChI is InChI=1S/C17H33NO8S/c1-17(13-19,15(20)24-10-12-27-11-5-18(2)3)14-26-16(21)25-9-8-23-7-6-22-4/h19H,5-14H2,1-4H3. The summed E-state index contributed by atoms with van der Waals surface area (Å²) in [6.45, 7) is 2.89. The number of hydrogen-bond donors (Lipinski definition) is 1. The summed E-state index contributed by atoms with van der Waals surface area (Å²) < 4.78 is 24.8. The number of rotatable bonds is 16. The number of aliphatic hydroxyl groups excluding tert-OH is 1. The molecule has 0 rings (SSSR count). The molecular weight excluding hydrogens is 378 g/mol. The Morgan fingerprint density at radius 1 is 1.00 bits per heavy atom. The third-order valence-corrected chi connectivity index (χ3v) is 4.30. The summed E-state index contributed by atoms with van der Waals surface area (Å²) in [7, 11) is 5.55. The Morgan fingerprint density at radius 3 is 2.33 bits per heavy atom. The fourth-order valence-electron chi connectivity index (χ4n) is 1.57. The Kier molecular flexibility index (Phi) is 15.3. The van der Waals surface area contributed by atoms with Crippen LogP contribution in [-0.4, -0.2) is 108 Å². The Bertz CT molecular complexity index is 410. The Morgan fingerprint density at radius 2 is 1.70 bits per heavy atom. The number of nitrogens with zero attached hydrogens (tertiary/aromatic N) is 1. The van der Waals surface area contributed by atoms with Gasteiger partial charge in [-0.1, -0.05) is 0 Å². The normalized spacial score (nSPS) is 13.3. The van der Waals surface area contributed by atoms with Gasteiger partial charge in [0.15, 0.2) is 0 Å². The minimum absolute atomic E-state index is 0.0208. The molecule has 0 spiro atoms. The zero-order chi connectivity index (χ0) is 20.5. The summed E-state index contributed by atoms with van der Waals surface area (Å²) in [6.07, 6.45) is -0.933. The summed E-state index contributed by atoms with van der Waals surface area (Å²) in [5.74, 6) is 0.979. The van der Waals surface area contributed by atoms with E-state index >= 15 is 0 Å². The van der Waals surface area contributed by atoms with Crippen molar-refractivity contribution in [3.63, 3.8) is 0 Å². The van der Waals surface area contributed by atoms with E-state index in [1.807, 2.05) is 14.1 Å². The zero-order valence-corrected chi connectivity index (χ0v) is 17.5. The molecule has 0 saturated carbocycles. The van der Waals surface area contributed by atoms with E-state index in [1.54, 1.807) is 18.9 Å². The molecule has 0 fully saturated rings. The Hall–Kier alpha value is -1.07. The zero-order valence-electron chi connectivity index (χ0n) is 16.7. The number of thioether (sulfide) groups is 1. The second kappa shape index (κ2) is 15.9. The highest BCUT2D eigenvalue weighted by atomic mass is 32.2. The van der Waals surface area contributed by atoms with Gasteiger partial charge in [0.2, 0.25) is 0 Å². The lowest BCUT2D eigenvalue weighted by molar-refractivity contribution is -0.159. The van der Waals surface area contributed by atoms with Crippen molar-refractivity contribution in [3.8, 4) is 0 Å². The van der Waals surface area contributed by atoms with Crippen LogP contribution in [0.3, 0.4) is 0 Å². The molecule has 0 bridgehead atoms. The van der Waals surface area contributed by atoms with Crippen LogP contribution in [-0.2, 0) is 28.5 Å². The second-order valence-corrected chi connectivity index (χ2v) is 7.49. The smallest absolute Gasteiger partial charge is 0.464 e. The van der Waals surface area contributed by atoms with E-state index in [-0.39, 0.29) is 26.4 Å². The number of esters is 1. The topological polar surface area (TPSA) is 104 Å². The van der Waals surface area contributed by atoms with Gasteiger partial charge < -0.3 is 33.7 Å². The fraction of sp³-hybridized carbons (Fsp3) is 0.882. The number of ether oxygens (including phenoxy) is 5. The van der Waals surface area contributed by atoms with Gasteiger partial charge in [-0.05, 0) is 21.0 Å². The lowest BCUT2D eigenvalue weighted by atomic mass is 9.93. The molecule has 0 amide bonds. The molecular formula is C17H33NO8S. The van der Waals surface area contributed by atoms with E-state index in [0.29, 0.717) is 19.0 Å². The first-order chi connectivity index (χ1) is 12.9. The number of carbonyl (C=O) groups excluding carboxylic acids is 2. The van der Waals surface area contributed by atoms with Gasteiger partial charge in [0.1, 0.15) is 25.2 Å². The summed E-state index contributed by atoms with van der Waals surface area (Å²) in [5, 5.41) is 9.49. The third kappa shape index (κ3) is 13.7. The second-order valence-electron chi connectivity index (χ2n) is 6.26. The van der Waals surface area contributed by atoms with Crippen LogP contribution in [0.1, 0.15) is 6.92 Å². The molecule has 0 saturated heterocycles. The molecule has 0 aliphatic heterocycles. The molecule has 0 aliphatic carbocycles. The third-order valence-electron chi connectivity index (χ3n) is 3.37. The molecule has 10 heteroatoms. The predicted octanol–water partition coefficient (Wildman–Crippen LogP) is 0.639. The first kappa shape index (κ1) is 25.9. The van der Waals surface area contributed by atoms with Crippen LogP contribution in [0.2, 0.25) is 0 Å². The van der Waals surface area contributed by atoms with E-state index in [2.05, 4.69) is 4.90 Å². The quantitative estimate of drug-likeness (QED) is 0.287. The van der Waals surface area contributed by atoms with Gasteiger partial charge in [0.25, 0.3) is 0 Å². The van der Waals surface area contributed by atoms with Crippen LogP contribution in [0.15, 0.2) is 0 Å². The number of hydrogen-bond acceptors (Lipinski definition) is 10. The summed E-state index contributed by atoms with van der Waals surface area (Å²) in [5.41, 5.74) is -1.33. The van der Waals surface area contributed by atoms with Crippen LogP contribution in [0.5, 0.6) is 0 Å². The van der Waals surface area contributed by atoms with E-state index < -0.39 is 24.1 Å². The molecule has 0 aromatic heterocycles. The summed E-state index contributed by atoms with van der Waals surface area (Å²) in [6, 6.07) is 0. The van der Waals surface area contributed by atoms with Crippen LogP contribution in [0.4, 0.5) is 4.79 Å². The highest BCUT2D eigenvalue weighted by Crippen LogP contribution is 2.19. The highest BCUT2D eigenvalue weighted by Gasteiger charge is 2.36. The van der Waals surface area contributed by atoms with Crippen molar-refractivity contribution in [1.29, 1.82) is 0 Å². The Labute approximate surface area is 165 Å². The molecule has 1 N–H and O–H groups in total. The molecule has 1 atom stereocenters. The maximum Gasteiger partial charge on any atom is 0.508 e. The molecule has 1 unspecified atom stereocenters. The first-order valence-corrected chi connectivity index (χ1v) is 9.88. The fourth-order valence-corrected chi connectivity index (χ4v) is 2.47. The van der Waals surface area contributed by atoms with Crippen LogP contribution in [0.25, 0.3) is 0 Å². The van der Waals surface area contributed by atoms with E-state index in [4.69, 9.17) is 23.7 Å². The van der Waals surface area contributed by atoms with Crippen LogP contribution >= 0.6 is 11.8 Å². The van der Waals surface area contributed by atoms with Gasteiger partial charge in [-0.2, -0.15) is 11.8 Å². The lowest BCUT2D eigenvalue weighted by Gasteiger charge is -2.24. The van der Waals surface area contributed by atoms with Crippen molar-refractivity contribution in [1.82, 2.24) is 4.90 Å². The van der Waals surface area contributed by atoms with Gasteiger partial charge in [0.05, 0.1) is 26.4 Å². The first-order valence-electron chi connectivity index (χ1n) is 8.72. The van der Waals surface area contributed by atoms with Gasteiger partial charge in [-0.3, -0.25) is 4.79 Å². The maximum atomic E-state index is 12.1. The maximum absolute atomic E-state index is 12.1. The molecule has 0 aromatic rings. The average molecular weight is 412 g/mol. The van der Waals surface area contributed by atoms with Crippen LogP contribution in [0, 0.1) is 5.41 Å². The average Bonchev–Trinajstić information content (AvgIpc) is 2.64. The minimum Gasteiger partial charge on any atom is -0.464 e. The van der Waals surface area contributed by atoms with E-state index in [9.17, 15) is 14.7 Å². The summed E-state index contributed by atoms with van der Waals surface area (Å²) >= 11 is 1.67. The number of aliphatic hydroxyl groups is 1. The van der Waals surface area contributed by atoms with Crippen molar-refractivity contribution in [3.05, 3.63) is 0 Å². The SMILES string of the molecule is COCCOCCOC(=O)OCC(C)(CO)C(=O)OCCSCCN(C)C. The molecule has 0 radical (unpaired) electrons. The monoisotopic (exact) mass is 411 g/mol. The van der Waals surface area contributed by atoms with Crippen molar-refractivity contribution in [2.45, 2.75) is 6.92 Å². The minimum atomic E-state index is -1.33. The molecule has 27 heavy (non-hydrogen) atoms. The van der Waals surface area contributed by atoms with Crippen molar-refractivity contribution >= 4 is 23.9 Å². The lowest BCUT2D eigenvalue weighted by Crippen LogP contribution is -2.39. The number of carbonyl (C=O) groups is 2. The number of methoxy groups -OCH3 is 1. The highest BCUT2D eigenvalue weighted by molar-refractivity contribution is 7.99. The molecule has 0 heterocycles. The summed E-state index contributed by atoms with van der Waals surface area (Å²) in [4.78, 5) is 25.8. The van der Waals surface area contributed by atoms with Crippen molar-refractivity contribution in [2.75, 3.05) is 85.5 Å². The molecule has 9 nitrogen and oxygen atoms in total. The van der Waals surface area contributed by atoms with Gasteiger partial charge in [-0.25, -0.2) is 4.79 Å².